The lowest BCUT2D eigenvalue weighted by Gasteiger charge is -2.31. The molecule has 146 valence electrons. The van der Waals surface area contributed by atoms with Gasteiger partial charge in [-0.3, -0.25) is 19.7 Å². The molecule has 1 aliphatic rings. The fourth-order valence-electron chi connectivity index (χ4n) is 3.19. The molecule has 3 rings (SSSR count). The minimum Gasteiger partial charge on any atom is -0.322 e. The SMILES string of the molecule is CC(C)C(=O)N1CCCc2ccc(NC(=O)c3cc([N+](=O)[O-])ccc3Cl)cc21. The molecule has 7 nitrogen and oxygen atoms in total. The molecule has 0 aliphatic carbocycles. The first-order chi connectivity index (χ1) is 13.3. The molecule has 0 spiro atoms. The van der Waals surface area contributed by atoms with Gasteiger partial charge in [-0.2, -0.15) is 0 Å². The number of nitrogens with zero attached hydrogens (tertiary/aromatic N) is 2. The van der Waals surface area contributed by atoms with Crippen LogP contribution in [0, 0.1) is 16.0 Å². The molecular weight excluding hydrogens is 382 g/mol. The Morgan fingerprint density at radius 2 is 1.96 bits per heavy atom. The molecule has 28 heavy (non-hydrogen) atoms. The van der Waals surface area contributed by atoms with Crippen LogP contribution in [0.2, 0.25) is 5.02 Å². The molecule has 0 saturated heterocycles. The van der Waals surface area contributed by atoms with Gasteiger partial charge in [0.2, 0.25) is 5.91 Å². The topological polar surface area (TPSA) is 92.6 Å². The van der Waals surface area contributed by atoms with Gasteiger partial charge in [0.1, 0.15) is 0 Å². The molecule has 1 heterocycles. The van der Waals surface area contributed by atoms with Crippen molar-refractivity contribution in [3.05, 3.63) is 62.7 Å². The Morgan fingerprint density at radius 3 is 2.64 bits per heavy atom. The summed E-state index contributed by atoms with van der Waals surface area (Å²) in [5.74, 6) is -0.648. The molecule has 0 unspecified atom stereocenters. The third-order valence-corrected chi connectivity index (χ3v) is 4.96. The summed E-state index contributed by atoms with van der Waals surface area (Å²) in [6, 6.07) is 9.12. The number of carbonyl (C=O) groups excluding carboxylic acids is 2. The van der Waals surface area contributed by atoms with E-state index in [1.165, 1.54) is 12.1 Å². The van der Waals surface area contributed by atoms with Crippen LogP contribution in [-0.4, -0.2) is 23.3 Å². The Balaban J connectivity index is 1.89. The van der Waals surface area contributed by atoms with E-state index in [1.54, 1.807) is 17.0 Å². The van der Waals surface area contributed by atoms with Gasteiger partial charge in [-0.15, -0.1) is 0 Å². The van der Waals surface area contributed by atoms with Crippen molar-refractivity contribution in [2.24, 2.45) is 5.92 Å². The summed E-state index contributed by atoms with van der Waals surface area (Å²) in [7, 11) is 0. The second kappa shape index (κ2) is 7.98. The normalized spacial score (nSPS) is 13.2. The average molecular weight is 402 g/mol. The lowest BCUT2D eigenvalue weighted by molar-refractivity contribution is -0.384. The fourth-order valence-corrected chi connectivity index (χ4v) is 3.40. The maximum atomic E-state index is 12.6. The van der Waals surface area contributed by atoms with Crippen molar-refractivity contribution in [3.8, 4) is 0 Å². The number of nitro benzene ring substituents is 1. The standard InChI is InChI=1S/C20H20ClN3O4/c1-12(2)20(26)23-9-3-4-13-5-6-14(10-18(13)23)22-19(25)16-11-15(24(27)28)7-8-17(16)21/h5-8,10-12H,3-4,9H2,1-2H3,(H,22,25). The number of halogens is 1. The second-order valence-corrected chi connectivity index (χ2v) is 7.37. The number of aryl methyl sites for hydroxylation is 1. The van der Waals surface area contributed by atoms with Gasteiger partial charge >= 0.3 is 0 Å². The minimum atomic E-state index is -0.582. The molecule has 0 radical (unpaired) electrons. The van der Waals surface area contributed by atoms with Crippen LogP contribution in [0.25, 0.3) is 0 Å². The van der Waals surface area contributed by atoms with Crippen LogP contribution in [0.15, 0.2) is 36.4 Å². The summed E-state index contributed by atoms with van der Waals surface area (Å²) in [4.78, 5) is 37.2. The maximum Gasteiger partial charge on any atom is 0.270 e. The van der Waals surface area contributed by atoms with Crippen LogP contribution in [0.4, 0.5) is 17.1 Å². The largest absolute Gasteiger partial charge is 0.322 e. The van der Waals surface area contributed by atoms with Gasteiger partial charge in [-0.1, -0.05) is 31.5 Å². The Kier molecular flexibility index (Phi) is 5.65. The number of fused-ring (bicyclic) bond motifs is 1. The lowest BCUT2D eigenvalue weighted by Crippen LogP contribution is -2.38. The van der Waals surface area contributed by atoms with E-state index >= 15 is 0 Å². The first-order valence-corrected chi connectivity index (χ1v) is 9.35. The van der Waals surface area contributed by atoms with Crippen molar-refractivity contribution in [3.63, 3.8) is 0 Å². The first kappa shape index (κ1) is 19.8. The van der Waals surface area contributed by atoms with Gasteiger partial charge in [0.15, 0.2) is 0 Å². The van der Waals surface area contributed by atoms with Crippen LogP contribution in [0.1, 0.15) is 36.2 Å². The number of benzene rings is 2. The van der Waals surface area contributed by atoms with E-state index in [1.807, 2.05) is 19.9 Å². The zero-order valence-corrected chi connectivity index (χ0v) is 16.3. The Bertz CT molecular complexity index is 958. The van der Waals surface area contributed by atoms with E-state index in [-0.39, 0.29) is 28.1 Å². The van der Waals surface area contributed by atoms with Gasteiger partial charge in [0, 0.05) is 36.0 Å². The smallest absolute Gasteiger partial charge is 0.270 e. The summed E-state index contributed by atoms with van der Waals surface area (Å²) >= 11 is 6.04. The summed E-state index contributed by atoms with van der Waals surface area (Å²) in [6.45, 7) is 4.34. The molecule has 0 aromatic heterocycles. The fraction of sp³-hybridized carbons (Fsp3) is 0.300. The van der Waals surface area contributed by atoms with Gasteiger partial charge < -0.3 is 10.2 Å². The van der Waals surface area contributed by atoms with Crippen LogP contribution in [0.5, 0.6) is 0 Å². The molecule has 8 heteroatoms. The number of carbonyl (C=O) groups is 2. The van der Waals surface area contributed by atoms with E-state index in [9.17, 15) is 19.7 Å². The molecular formula is C20H20ClN3O4. The highest BCUT2D eigenvalue weighted by atomic mass is 35.5. The molecule has 2 amide bonds. The zero-order chi connectivity index (χ0) is 20.4. The number of non-ortho nitro benzene ring substituents is 1. The van der Waals surface area contributed by atoms with Crippen molar-refractivity contribution in [2.75, 3.05) is 16.8 Å². The zero-order valence-electron chi connectivity index (χ0n) is 15.6. The lowest BCUT2D eigenvalue weighted by atomic mass is 9.99. The highest BCUT2D eigenvalue weighted by Gasteiger charge is 2.25. The predicted octanol–water partition coefficient (Wildman–Crippen LogP) is 4.44. The van der Waals surface area contributed by atoms with Crippen molar-refractivity contribution < 1.29 is 14.5 Å². The molecule has 0 atom stereocenters. The van der Waals surface area contributed by atoms with E-state index in [0.717, 1.165) is 30.2 Å². The monoisotopic (exact) mass is 401 g/mol. The average Bonchev–Trinajstić information content (AvgIpc) is 2.66. The van der Waals surface area contributed by atoms with Crippen molar-refractivity contribution in [1.29, 1.82) is 0 Å². The molecule has 0 fully saturated rings. The third kappa shape index (κ3) is 3.99. The van der Waals surface area contributed by atoms with Crippen molar-refractivity contribution in [1.82, 2.24) is 0 Å². The van der Waals surface area contributed by atoms with Crippen LogP contribution < -0.4 is 10.2 Å². The van der Waals surface area contributed by atoms with Crippen molar-refractivity contribution >= 4 is 40.5 Å². The summed E-state index contributed by atoms with van der Waals surface area (Å²) in [5.41, 5.74) is 2.13. The highest BCUT2D eigenvalue weighted by molar-refractivity contribution is 6.34. The first-order valence-electron chi connectivity index (χ1n) is 8.97. The quantitative estimate of drug-likeness (QED) is 0.605. The van der Waals surface area contributed by atoms with Gasteiger partial charge in [0.25, 0.3) is 11.6 Å². The van der Waals surface area contributed by atoms with Crippen LogP contribution in [-0.2, 0) is 11.2 Å². The molecule has 2 aromatic rings. The Hall–Kier alpha value is -2.93. The van der Waals surface area contributed by atoms with Crippen molar-refractivity contribution in [2.45, 2.75) is 26.7 Å². The Labute approximate surface area is 167 Å². The molecule has 0 saturated carbocycles. The van der Waals surface area contributed by atoms with E-state index in [2.05, 4.69) is 5.32 Å². The summed E-state index contributed by atoms with van der Waals surface area (Å²) in [5, 5.41) is 13.8. The van der Waals surface area contributed by atoms with E-state index in [0.29, 0.717) is 12.2 Å². The van der Waals surface area contributed by atoms with Crippen LogP contribution in [0.3, 0.4) is 0 Å². The predicted molar refractivity (Wildman–Crippen MR) is 108 cm³/mol. The highest BCUT2D eigenvalue weighted by Crippen LogP contribution is 2.32. The summed E-state index contributed by atoms with van der Waals surface area (Å²) in [6.07, 6.45) is 1.75. The molecule has 0 bridgehead atoms. The molecule has 2 aromatic carbocycles. The van der Waals surface area contributed by atoms with Gasteiger partial charge in [-0.05, 0) is 36.6 Å². The minimum absolute atomic E-state index is 0.0173. The second-order valence-electron chi connectivity index (χ2n) is 6.97. The third-order valence-electron chi connectivity index (χ3n) is 4.63. The van der Waals surface area contributed by atoms with E-state index < -0.39 is 10.8 Å². The Morgan fingerprint density at radius 1 is 1.21 bits per heavy atom. The number of hydrogen-bond donors (Lipinski definition) is 1. The van der Waals surface area contributed by atoms with Crippen LogP contribution >= 0.6 is 11.6 Å². The summed E-state index contributed by atoms with van der Waals surface area (Å²) < 4.78 is 0. The number of nitro groups is 1. The maximum absolute atomic E-state index is 12.6. The van der Waals surface area contributed by atoms with Gasteiger partial charge in [-0.25, -0.2) is 0 Å². The number of nitrogens with one attached hydrogen (secondary N) is 1. The number of rotatable bonds is 4. The molecule has 1 N–H and O–H groups in total. The number of amides is 2. The van der Waals surface area contributed by atoms with E-state index in [4.69, 9.17) is 11.6 Å². The van der Waals surface area contributed by atoms with Gasteiger partial charge in [0.05, 0.1) is 15.5 Å². The number of hydrogen-bond acceptors (Lipinski definition) is 4. The molecule has 1 aliphatic heterocycles. The number of anilines is 2.